The van der Waals surface area contributed by atoms with Gasteiger partial charge in [0, 0.05) is 11.0 Å². The van der Waals surface area contributed by atoms with Crippen molar-refractivity contribution >= 4 is 23.3 Å². The fraction of sp³-hybridized carbons (Fsp3) is 0.214. The van der Waals surface area contributed by atoms with E-state index >= 15 is 0 Å². The summed E-state index contributed by atoms with van der Waals surface area (Å²) in [5.41, 5.74) is 6.79. The minimum atomic E-state index is -0.447. The molecule has 0 atom stereocenters. The zero-order chi connectivity index (χ0) is 14.7. The average molecular weight is 289 g/mol. The Morgan fingerprint density at radius 1 is 1.20 bits per heavy atom. The normalized spacial score (nSPS) is 10.8. The van der Waals surface area contributed by atoms with E-state index < -0.39 is 4.92 Å². The molecule has 0 bridgehead atoms. The van der Waals surface area contributed by atoms with Crippen LogP contribution in [0, 0.1) is 10.1 Å². The van der Waals surface area contributed by atoms with Crippen LogP contribution in [0.3, 0.4) is 0 Å². The number of nitrogens with zero attached hydrogens (tertiary/aromatic N) is 2. The Labute approximate surface area is 121 Å². The first-order valence-corrected chi connectivity index (χ1v) is 6.97. The molecule has 0 radical (unpaired) electrons. The van der Waals surface area contributed by atoms with E-state index in [-0.39, 0.29) is 11.5 Å². The van der Waals surface area contributed by atoms with Crippen LogP contribution >= 0.6 is 11.8 Å². The van der Waals surface area contributed by atoms with Gasteiger partial charge in [0.15, 0.2) is 5.03 Å². The summed E-state index contributed by atoms with van der Waals surface area (Å²) in [7, 11) is 0. The van der Waals surface area contributed by atoms with Gasteiger partial charge in [0.25, 0.3) is 0 Å². The highest BCUT2D eigenvalue weighted by atomic mass is 32.2. The Morgan fingerprint density at radius 3 is 2.40 bits per heavy atom. The number of pyridine rings is 1. The van der Waals surface area contributed by atoms with Gasteiger partial charge in [0.2, 0.25) is 0 Å². The average Bonchev–Trinajstić information content (AvgIpc) is 2.39. The lowest BCUT2D eigenvalue weighted by atomic mass is 10.0. The molecule has 6 heteroatoms. The number of anilines is 1. The third-order valence-electron chi connectivity index (χ3n) is 2.82. The van der Waals surface area contributed by atoms with Gasteiger partial charge in [-0.25, -0.2) is 4.98 Å². The topological polar surface area (TPSA) is 82.0 Å². The lowest BCUT2D eigenvalue weighted by Gasteiger charge is -2.07. The molecular weight excluding hydrogens is 274 g/mol. The quantitative estimate of drug-likeness (QED) is 0.683. The maximum Gasteiger partial charge on any atom is 0.301 e. The second-order valence-electron chi connectivity index (χ2n) is 4.64. The summed E-state index contributed by atoms with van der Waals surface area (Å²) in [5.74, 6) is 0.728. The Bertz CT molecular complexity index is 627. The molecule has 20 heavy (non-hydrogen) atoms. The molecule has 1 aromatic carbocycles. The summed E-state index contributed by atoms with van der Waals surface area (Å²) >= 11 is 1.24. The van der Waals surface area contributed by atoms with Crippen LogP contribution in [-0.2, 0) is 0 Å². The van der Waals surface area contributed by atoms with Crippen LogP contribution in [0.25, 0.3) is 0 Å². The van der Waals surface area contributed by atoms with Crippen LogP contribution in [0.4, 0.5) is 11.5 Å². The number of nitro groups is 1. The highest BCUT2D eigenvalue weighted by molar-refractivity contribution is 7.99. The molecule has 1 aromatic heterocycles. The van der Waals surface area contributed by atoms with Crippen LogP contribution in [0.5, 0.6) is 0 Å². The molecule has 0 spiro atoms. The van der Waals surface area contributed by atoms with E-state index in [1.54, 1.807) is 0 Å². The Morgan fingerprint density at radius 2 is 1.85 bits per heavy atom. The smallest absolute Gasteiger partial charge is 0.301 e. The van der Waals surface area contributed by atoms with E-state index in [9.17, 15) is 10.1 Å². The maximum absolute atomic E-state index is 11.0. The molecule has 0 aliphatic heterocycles. The van der Waals surface area contributed by atoms with Gasteiger partial charge in [-0.15, -0.1) is 0 Å². The Hall–Kier alpha value is -2.08. The monoisotopic (exact) mass is 289 g/mol. The van der Waals surface area contributed by atoms with Gasteiger partial charge >= 0.3 is 5.69 Å². The van der Waals surface area contributed by atoms with Crippen LogP contribution in [0.15, 0.2) is 46.3 Å². The van der Waals surface area contributed by atoms with Crippen molar-refractivity contribution in [3.63, 3.8) is 0 Å². The molecule has 0 saturated carbocycles. The van der Waals surface area contributed by atoms with Crippen molar-refractivity contribution in [2.75, 3.05) is 5.73 Å². The highest BCUT2D eigenvalue weighted by Gasteiger charge is 2.16. The lowest BCUT2D eigenvalue weighted by Crippen LogP contribution is -1.97. The minimum Gasteiger partial charge on any atom is -0.384 e. The van der Waals surface area contributed by atoms with E-state index in [1.165, 1.54) is 29.5 Å². The van der Waals surface area contributed by atoms with Crippen LogP contribution in [0.1, 0.15) is 25.3 Å². The number of hydrogen-bond donors (Lipinski definition) is 1. The van der Waals surface area contributed by atoms with Gasteiger partial charge in [-0.3, -0.25) is 10.1 Å². The first-order chi connectivity index (χ1) is 9.47. The molecule has 1 heterocycles. The largest absolute Gasteiger partial charge is 0.384 e. The van der Waals surface area contributed by atoms with Crippen LogP contribution < -0.4 is 5.73 Å². The fourth-order valence-electron chi connectivity index (χ4n) is 1.69. The van der Waals surface area contributed by atoms with E-state index in [1.807, 2.05) is 24.3 Å². The second kappa shape index (κ2) is 5.92. The summed E-state index contributed by atoms with van der Waals surface area (Å²) in [6, 6.07) is 10.7. The van der Waals surface area contributed by atoms with Gasteiger partial charge in [0.1, 0.15) is 5.82 Å². The summed E-state index contributed by atoms with van der Waals surface area (Å²) in [4.78, 5) is 15.5. The van der Waals surface area contributed by atoms with Gasteiger partial charge in [0.05, 0.1) is 4.92 Å². The Kier molecular flexibility index (Phi) is 4.24. The standard InChI is InChI=1S/C14H15N3O2S/c1-9(2)10-3-5-11(6-4-10)20-14-12(17(18)19)7-8-13(15)16-14/h3-9H,1-2H3,(H2,15,16). The van der Waals surface area contributed by atoms with Crippen molar-refractivity contribution < 1.29 is 4.92 Å². The third kappa shape index (κ3) is 3.27. The summed E-state index contributed by atoms with van der Waals surface area (Å²) < 4.78 is 0. The molecule has 0 saturated heterocycles. The zero-order valence-corrected chi connectivity index (χ0v) is 12.1. The van der Waals surface area contributed by atoms with Crippen molar-refractivity contribution in [3.8, 4) is 0 Å². The molecule has 2 rings (SSSR count). The minimum absolute atomic E-state index is 0.0304. The molecule has 0 amide bonds. The van der Waals surface area contributed by atoms with Gasteiger partial charge in [-0.2, -0.15) is 0 Å². The van der Waals surface area contributed by atoms with Crippen molar-refractivity contribution in [3.05, 3.63) is 52.1 Å². The lowest BCUT2D eigenvalue weighted by molar-refractivity contribution is -0.388. The fourth-order valence-corrected chi connectivity index (χ4v) is 2.59. The molecule has 0 unspecified atom stereocenters. The van der Waals surface area contributed by atoms with Gasteiger partial charge in [-0.1, -0.05) is 37.7 Å². The number of rotatable bonds is 4. The van der Waals surface area contributed by atoms with Crippen LogP contribution in [0.2, 0.25) is 0 Å². The number of nitrogens with two attached hydrogens (primary N) is 1. The maximum atomic E-state index is 11.0. The number of aromatic nitrogens is 1. The molecule has 2 aromatic rings. The first kappa shape index (κ1) is 14.3. The molecule has 0 aliphatic rings. The van der Waals surface area contributed by atoms with Crippen molar-refractivity contribution in [2.45, 2.75) is 29.7 Å². The van der Waals surface area contributed by atoms with E-state index in [4.69, 9.17) is 5.73 Å². The second-order valence-corrected chi connectivity index (χ2v) is 5.71. The first-order valence-electron chi connectivity index (χ1n) is 6.16. The molecule has 5 nitrogen and oxygen atoms in total. The summed E-state index contributed by atoms with van der Waals surface area (Å²) in [6.45, 7) is 4.24. The third-order valence-corrected chi connectivity index (χ3v) is 3.82. The predicted octanol–water partition coefficient (Wildman–Crippen LogP) is 3.85. The number of benzene rings is 1. The van der Waals surface area contributed by atoms with Crippen molar-refractivity contribution in [1.29, 1.82) is 0 Å². The zero-order valence-electron chi connectivity index (χ0n) is 11.2. The van der Waals surface area contributed by atoms with Gasteiger partial charge < -0.3 is 5.73 Å². The molecule has 2 N–H and O–H groups in total. The molecule has 104 valence electrons. The number of hydrogen-bond acceptors (Lipinski definition) is 5. The Balaban J connectivity index is 2.29. The summed E-state index contributed by atoms with van der Waals surface area (Å²) in [5, 5.41) is 11.3. The molecule has 0 fully saturated rings. The van der Waals surface area contributed by atoms with E-state index in [0.29, 0.717) is 10.9 Å². The van der Waals surface area contributed by atoms with E-state index in [0.717, 1.165) is 4.90 Å². The van der Waals surface area contributed by atoms with Crippen molar-refractivity contribution in [2.24, 2.45) is 0 Å². The SMILES string of the molecule is CC(C)c1ccc(Sc2nc(N)ccc2[N+](=O)[O-])cc1. The van der Waals surface area contributed by atoms with Crippen molar-refractivity contribution in [1.82, 2.24) is 4.98 Å². The summed E-state index contributed by atoms with van der Waals surface area (Å²) in [6.07, 6.45) is 0. The van der Waals surface area contributed by atoms with E-state index in [2.05, 4.69) is 18.8 Å². The molecular formula is C14H15N3O2S. The predicted molar refractivity (Wildman–Crippen MR) is 80.0 cm³/mol. The van der Waals surface area contributed by atoms with Crippen LogP contribution in [-0.4, -0.2) is 9.91 Å². The van der Waals surface area contributed by atoms with Gasteiger partial charge in [-0.05, 0) is 29.7 Å². The highest BCUT2D eigenvalue weighted by Crippen LogP contribution is 2.34. The number of nitrogen functional groups attached to an aromatic ring is 1. The molecule has 0 aliphatic carbocycles.